The van der Waals surface area contributed by atoms with Crippen LogP contribution >= 0.6 is 0 Å². The number of sulfonamides is 1. The number of nitrogen functional groups attached to an aromatic ring is 1. The molecule has 1 amide bonds. The van der Waals surface area contributed by atoms with E-state index in [1.165, 1.54) is 53.2 Å². The molecule has 172 valence electrons. The van der Waals surface area contributed by atoms with Gasteiger partial charge in [0.15, 0.2) is 0 Å². The van der Waals surface area contributed by atoms with Crippen molar-refractivity contribution in [3.63, 3.8) is 0 Å². The molecule has 1 aromatic heterocycles. The zero-order chi connectivity index (χ0) is 24.0. The first-order valence-electron chi connectivity index (χ1n) is 10.2. The average Bonchev–Trinajstić information content (AvgIpc) is 3.12. The topological polar surface area (TPSA) is 143 Å². The molecule has 33 heavy (non-hydrogen) atoms. The molecule has 0 fully saturated rings. The van der Waals surface area contributed by atoms with Crippen LogP contribution in [0.2, 0.25) is 0 Å². The minimum absolute atomic E-state index is 0.0690. The molecule has 4 N–H and O–H groups in total. The van der Waals surface area contributed by atoms with Crippen LogP contribution in [0.15, 0.2) is 53.4 Å². The molecule has 0 aliphatic heterocycles. The summed E-state index contributed by atoms with van der Waals surface area (Å²) in [6, 6.07) is 13.4. The normalized spacial score (nSPS) is 11.2. The number of nitrogens with one attached hydrogen (secondary N) is 2. The molecular formula is C22H23FN6O3S. The Hall–Kier alpha value is -3.75. The molecule has 0 atom stereocenters. The standard InChI is InChI=1S/C22H23FN6O3S/c1-2-21(30)27-16-7-11-18(12-8-16)33(31,32)26-13-3-4-20-19(14-24)22(25)29(28-20)17-9-5-15(23)6-10-17/h5-12,26H,2-4,13,25H2,1H3,(H,27,30). The molecule has 0 aliphatic rings. The van der Waals surface area contributed by atoms with Crippen LogP contribution in [0.3, 0.4) is 0 Å². The lowest BCUT2D eigenvalue weighted by molar-refractivity contribution is -0.115. The minimum atomic E-state index is -3.74. The minimum Gasteiger partial charge on any atom is -0.382 e. The number of amides is 1. The van der Waals surface area contributed by atoms with E-state index in [1.54, 1.807) is 6.92 Å². The summed E-state index contributed by atoms with van der Waals surface area (Å²) in [5.41, 5.74) is 7.68. The second-order valence-corrected chi connectivity index (χ2v) is 8.90. The van der Waals surface area contributed by atoms with Crippen molar-refractivity contribution in [3.05, 3.63) is 65.6 Å². The highest BCUT2D eigenvalue weighted by Gasteiger charge is 2.18. The Morgan fingerprint density at radius 3 is 2.45 bits per heavy atom. The summed E-state index contributed by atoms with van der Waals surface area (Å²) in [5, 5.41) is 16.5. The van der Waals surface area contributed by atoms with Gasteiger partial charge in [0.05, 0.1) is 16.3 Å². The van der Waals surface area contributed by atoms with Gasteiger partial charge in [0.25, 0.3) is 0 Å². The van der Waals surface area contributed by atoms with E-state index in [4.69, 9.17) is 5.73 Å². The van der Waals surface area contributed by atoms with Gasteiger partial charge in [-0.05, 0) is 61.4 Å². The van der Waals surface area contributed by atoms with E-state index in [0.29, 0.717) is 36.3 Å². The summed E-state index contributed by atoms with van der Waals surface area (Å²) in [6.45, 7) is 1.84. The number of hydrogen-bond acceptors (Lipinski definition) is 6. The number of aromatic nitrogens is 2. The van der Waals surface area contributed by atoms with Crippen molar-refractivity contribution in [1.82, 2.24) is 14.5 Å². The summed E-state index contributed by atoms with van der Waals surface area (Å²) in [7, 11) is -3.74. The lowest BCUT2D eigenvalue weighted by atomic mass is 10.1. The number of nitrogens with two attached hydrogens (primary N) is 1. The molecule has 0 saturated carbocycles. The highest BCUT2D eigenvalue weighted by molar-refractivity contribution is 7.89. The largest absolute Gasteiger partial charge is 0.382 e. The molecule has 1 heterocycles. The second-order valence-electron chi connectivity index (χ2n) is 7.13. The number of nitriles is 1. The van der Waals surface area contributed by atoms with E-state index in [-0.39, 0.29) is 28.7 Å². The van der Waals surface area contributed by atoms with Crippen molar-refractivity contribution in [2.24, 2.45) is 0 Å². The van der Waals surface area contributed by atoms with Gasteiger partial charge in [0, 0.05) is 18.7 Å². The van der Waals surface area contributed by atoms with E-state index in [9.17, 15) is 22.9 Å². The van der Waals surface area contributed by atoms with Gasteiger partial charge in [-0.3, -0.25) is 4.79 Å². The highest BCUT2D eigenvalue weighted by atomic mass is 32.2. The van der Waals surface area contributed by atoms with Crippen molar-refractivity contribution in [3.8, 4) is 11.8 Å². The number of carbonyl (C=O) groups is 1. The van der Waals surface area contributed by atoms with Crippen LogP contribution in [0.4, 0.5) is 15.9 Å². The Morgan fingerprint density at radius 1 is 1.18 bits per heavy atom. The number of benzene rings is 2. The maximum atomic E-state index is 13.2. The van der Waals surface area contributed by atoms with E-state index in [0.717, 1.165) is 0 Å². The highest BCUT2D eigenvalue weighted by Crippen LogP contribution is 2.22. The zero-order valence-corrected chi connectivity index (χ0v) is 18.7. The molecule has 0 aliphatic carbocycles. The van der Waals surface area contributed by atoms with Gasteiger partial charge in [0.2, 0.25) is 15.9 Å². The third kappa shape index (κ3) is 5.74. The monoisotopic (exact) mass is 470 g/mol. The van der Waals surface area contributed by atoms with Gasteiger partial charge in [-0.1, -0.05) is 6.92 Å². The Labute approximate surface area is 191 Å². The molecule has 11 heteroatoms. The maximum absolute atomic E-state index is 13.2. The first-order chi connectivity index (χ1) is 15.7. The van der Waals surface area contributed by atoms with E-state index in [1.807, 2.05) is 6.07 Å². The molecule has 0 unspecified atom stereocenters. The van der Waals surface area contributed by atoms with Gasteiger partial charge in [-0.15, -0.1) is 0 Å². The fourth-order valence-electron chi connectivity index (χ4n) is 3.07. The van der Waals surface area contributed by atoms with E-state index in [2.05, 4.69) is 15.1 Å². The summed E-state index contributed by atoms with van der Waals surface area (Å²) in [4.78, 5) is 11.5. The molecule has 0 radical (unpaired) electrons. The predicted octanol–water partition coefficient (Wildman–Crippen LogP) is 2.72. The van der Waals surface area contributed by atoms with Crippen LogP contribution in [0, 0.1) is 17.1 Å². The number of rotatable bonds is 9. The third-order valence-corrected chi connectivity index (χ3v) is 6.31. The van der Waals surface area contributed by atoms with Gasteiger partial charge in [0.1, 0.15) is 23.3 Å². The smallest absolute Gasteiger partial charge is 0.240 e. The molecule has 3 aromatic rings. The summed E-state index contributed by atoms with van der Waals surface area (Å²) in [6.07, 6.45) is 1.01. The Kier molecular flexibility index (Phi) is 7.42. The van der Waals surface area contributed by atoms with Crippen molar-refractivity contribution >= 4 is 27.4 Å². The Morgan fingerprint density at radius 2 is 1.85 bits per heavy atom. The molecule has 9 nitrogen and oxygen atoms in total. The van der Waals surface area contributed by atoms with Gasteiger partial charge in [-0.25, -0.2) is 22.2 Å². The quantitative estimate of drug-likeness (QED) is 0.410. The van der Waals surface area contributed by atoms with Gasteiger partial charge >= 0.3 is 0 Å². The van der Waals surface area contributed by atoms with Crippen molar-refractivity contribution < 1.29 is 17.6 Å². The molecule has 0 bridgehead atoms. The molecule has 0 saturated heterocycles. The fraction of sp³-hybridized carbons (Fsp3) is 0.227. The van der Waals surface area contributed by atoms with Crippen molar-refractivity contribution in [1.29, 1.82) is 5.26 Å². The third-order valence-electron chi connectivity index (χ3n) is 4.83. The molecule has 0 spiro atoms. The lowest BCUT2D eigenvalue weighted by Gasteiger charge is -2.08. The number of carbonyl (C=O) groups excluding carboxylic acids is 1. The van der Waals surface area contributed by atoms with Gasteiger partial charge < -0.3 is 11.1 Å². The fourth-order valence-corrected chi connectivity index (χ4v) is 4.14. The number of nitrogens with zero attached hydrogens (tertiary/aromatic N) is 3. The molecule has 2 aromatic carbocycles. The van der Waals surface area contributed by atoms with Crippen molar-refractivity contribution in [2.45, 2.75) is 31.1 Å². The van der Waals surface area contributed by atoms with Crippen LogP contribution in [0.25, 0.3) is 5.69 Å². The van der Waals surface area contributed by atoms with Crippen molar-refractivity contribution in [2.75, 3.05) is 17.6 Å². The summed E-state index contributed by atoms with van der Waals surface area (Å²) in [5.74, 6) is -0.434. The first kappa shape index (κ1) is 23.9. The van der Waals surface area contributed by atoms with E-state index >= 15 is 0 Å². The van der Waals surface area contributed by atoms with Crippen LogP contribution in [-0.2, 0) is 21.2 Å². The van der Waals surface area contributed by atoms with Crippen LogP contribution in [-0.4, -0.2) is 30.7 Å². The summed E-state index contributed by atoms with van der Waals surface area (Å²) < 4.78 is 42.1. The molecule has 3 rings (SSSR count). The number of hydrogen-bond donors (Lipinski definition) is 3. The second kappa shape index (κ2) is 10.2. The maximum Gasteiger partial charge on any atom is 0.240 e. The van der Waals surface area contributed by atoms with Crippen LogP contribution in [0.1, 0.15) is 31.0 Å². The number of anilines is 2. The Balaban J connectivity index is 1.62. The Bertz CT molecular complexity index is 1280. The lowest BCUT2D eigenvalue weighted by Crippen LogP contribution is -2.25. The average molecular weight is 471 g/mol. The van der Waals surface area contributed by atoms with Gasteiger partial charge in [-0.2, -0.15) is 10.4 Å². The zero-order valence-electron chi connectivity index (χ0n) is 17.9. The summed E-state index contributed by atoms with van der Waals surface area (Å²) >= 11 is 0. The number of halogens is 1. The van der Waals surface area contributed by atoms with Crippen LogP contribution in [0.5, 0.6) is 0 Å². The predicted molar refractivity (Wildman–Crippen MR) is 122 cm³/mol. The first-order valence-corrected chi connectivity index (χ1v) is 11.7. The van der Waals surface area contributed by atoms with Crippen LogP contribution < -0.4 is 15.8 Å². The number of aryl methyl sites for hydroxylation is 1. The molecular weight excluding hydrogens is 447 g/mol. The van der Waals surface area contributed by atoms with E-state index < -0.39 is 15.8 Å². The SMILES string of the molecule is CCC(=O)Nc1ccc(S(=O)(=O)NCCCc2nn(-c3ccc(F)cc3)c(N)c2C#N)cc1.